The standard InChI is InChI=1S/C23H28Cl2N2O2/c1-5-21(23(29)26-6-2)27(14-18-9-10-19(24)20(25)12-18)22(28)13-17-8-7-15(3)16(4)11-17/h7-12,21H,5-6,13-14H2,1-4H3,(H,26,29). The maximum Gasteiger partial charge on any atom is 0.242 e. The summed E-state index contributed by atoms with van der Waals surface area (Å²) in [5.41, 5.74) is 4.09. The molecule has 0 aliphatic heterocycles. The zero-order chi connectivity index (χ0) is 21.6. The number of nitrogens with zero attached hydrogens (tertiary/aromatic N) is 1. The number of hydrogen-bond donors (Lipinski definition) is 1. The molecule has 0 aliphatic carbocycles. The SMILES string of the molecule is CCNC(=O)C(CC)N(Cc1ccc(Cl)c(Cl)c1)C(=O)Cc1ccc(C)c(C)c1. The molecule has 1 atom stereocenters. The molecule has 0 aliphatic rings. The summed E-state index contributed by atoms with van der Waals surface area (Å²) in [6.07, 6.45) is 0.754. The van der Waals surface area contributed by atoms with E-state index in [0.29, 0.717) is 23.0 Å². The van der Waals surface area contributed by atoms with E-state index in [4.69, 9.17) is 23.2 Å². The van der Waals surface area contributed by atoms with Crippen molar-refractivity contribution in [3.05, 3.63) is 68.7 Å². The minimum Gasteiger partial charge on any atom is -0.355 e. The van der Waals surface area contributed by atoms with Crippen molar-refractivity contribution in [1.82, 2.24) is 10.2 Å². The lowest BCUT2D eigenvalue weighted by Crippen LogP contribution is -2.49. The van der Waals surface area contributed by atoms with Gasteiger partial charge in [-0.25, -0.2) is 0 Å². The van der Waals surface area contributed by atoms with E-state index in [1.165, 1.54) is 5.56 Å². The fourth-order valence-corrected chi connectivity index (χ4v) is 3.56. The Kier molecular flexibility index (Phi) is 8.54. The third kappa shape index (κ3) is 6.22. The van der Waals surface area contributed by atoms with Crippen LogP contribution in [0, 0.1) is 13.8 Å². The zero-order valence-corrected chi connectivity index (χ0v) is 18.9. The van der Waals surface area contributed by atoms with Gasteiger partial charge in [0.25, 0.3) is 0 Å². The Labute approximate surface area is 183 Å². The molecule has 156 valence electrons. The minimum atomic E-state index is -0.552. The highest BCUT2D eigenvalue weighted by Gasteiger charge is 2.28. The summed E-state index contributed by atoms with van der Waals surface area (Å²) in [6, 6.07) is 10.7. The molecule has 1 unspecified atom stereocenters. The lowest BCUT2D eigenvalue weighted by Gasteiger charge is -2.31. The molecule has 2 rings (SSSR count). The van der Waals surface area contributed by atoms with Crippen molar-refractivity contribution in [3.63, 3.8) is 0 Å². The van der Waals surface area contributed by atoms with E-state index in [9.17, 15) is 9.59 Å². The Hall–Kier alpha value is -2.04. The van der Waals surface area contributed by atoms with E-state index in [-0.39, 0.29) is 24.8 Å². The lowest BCUT2D eigenvalue weighted by atomic mass is 10.0. The van der Waals surface area contributed by atoms with Crippen LogP contribution >= 0.6 is 23.2 Å². The van der Waals surface area contributed by atoms with E-state index < -0.39 is 6.04 Å². The summed E-state index contributed by atoms with van der Waals surface area (Å²) in [4.78, 5) is 27.5. The van der Waals surface area contributed by atoms with Gasteiger partial charge in [0, 0.05) is 13.1 Å². The van der Waals surface area contributed by atoms with Gasteiger partial charge in [-0.3, -0.25) is 9.59 Å². The smallest absolute Gasteiger partial charge is 0.242 e. The highest BCUT2D eigenvalue weighted by molar-refractivity contribution is 6.42. The Morgan fingerprint density at radius 2 is 1.66 bits per heavy atom. The van der Waals surface area contributed by atoms with Crippen molar-refractivity contribution in [2.24, 2.45) is 0 Å². The third-order valence-electron chi connectivity index (χ3n) is 5.00. The average molecular weight is 435 g/mol. The quantitative estimate of drug-likeness (QED) is 0.628. The summed E-state index contributed by atoms with van der Waals surface area (Å²) in [7, 11) is 0. The number of benzene rings is 2. The van der Waals surface area contributed by atoms with Crippen molar-refractivity contribution in [2.75, 3.05) is 6.54 Å². The lowest BCUT2D eigenvalue weighted by molar-refractivity contribution is -0.140. The van der Waals surface area contributed by atoms with Gasteiger partial charge in [0.05, 0.1) is 16.5 Å². The van der Waals surface area contributed by atoms with Gasteiger partial charge in [0.1, 0.15) is 6.04 Å². The van der Waals surface area contributed by atoms with Crippen molar-refractivity contribution >= 4 is 35.0 Å². The average Bonchev–Trinajstić information content (AvgIpc) is 2.67. The van der Waals surface area contributed by atoms with Gasteiger partial charge in [-0.15, -0.1) is 0 Å². The Morgan fingerprint density at radius 1 is 0.966 bits per heavy atom. The van der Waals surface area contributed by atoms with Crippen LogP contribution in [0.15, 0.2) is 36.4 Å². The summed E-state index contributed by atoms with van der Waals surface area (Å²) >= 11 is 12.2. The van der Waals surface area contributed by atoms with E-state index >= 15 is 0 Å². The van der Waals surface area contributed by atoms with Crippen LogP contribution in [0.1, 0.15) is 42.5 Å². The molecular formula is C23H28Cl2N2O2. The number of aryl methyl sites for hydroxylation is 2. The Morgan fingerprint density at radius 3 is 2.24 bits per heavy atom. The van der Waals surface area contributed by atoms with Crippen molar-refractivity contribution in [2.45, 2.75) is 53.1 Å². The summed E-state index contributed by atoms with van der Waals surface area (Å²) < 4.78 is 0. The van der Waals surface area contributed by atoms with Crippen LogP contribution < -0.4 is 5.32 Å². The molecule has 0 radical (unpaired) electrons. The minimum absolute atomic E-state index is 0.0996. The van der Waals surface area contributed by atoms with Crippen LogP contribution in [0.25, 0.3) is 0 Å². The van der Waals surface area contributed by atoms with E-state index in [0.717, 1.165) is 16.7 Å². The molecule has 2 amide bonds. The molecule has 4 nitrogen and oxygen atoms in total. The number of nitrogens with one attached hydrogen (secondary N) is 1. The number of rotatable bonds is 8. The third-order valence-corrected chi connectivity index (χ3v) is 5.74. The first-order valence-corrected chi connectivity index (χ1v) is 10.6. The first kappa shape index (κ1) is 23.2. The number of amides is 2. The first-order valence-electron chi connectivity index (χ1n) is 9.84. The molecule has 29 heavy (non-hydrogen) atoms. The monoisotopic (exact) mass is 434 g/mol. The highest BCUT2D eigenvalue weighted by atomic mass is 35.5. The van der Waals surface area contributed by atoms with Gasteiger partial charge >= 0.3 is 0 Å². The van der Waals surface area contributed by atoms with Gasteiger partial charge in [-0.05, 0) is 61.6 Å². The zero-order valence-electron chi connectivity index (χ0n) is 17.4. The molecular weight excluding hydrogens is 407 g/mol. The largest absolute Gasteiger partial charge is 0.355 e. The molecule has 0 saturated carbocycles. The number of hydrogen-bond acceptors (Lipinski definition) is 2. The Balaban J connectivity index is 2.32. The predicted molar refractivity (Wildman–Crippen MR) is 119 cm³/mol. The Bertz CT molecular complexity index is 883. The van der Waals surface area contributed by atoms with Crippen LogP contribution in [0.2, 0.25) is 10.0 Å². The molecule has 0 spiro atoms. The van der Waals surface area contributed by atoms with Crippen molar-refractivity contribution in [3.8, 4) is 0 Å². The molecule has 0 heterocycles. The van der Waals surface area contributed by atoms with Gasteiger partial charge < -0.3 is 10.2 Å². The molecule has 6 heteroatoms. The molecule has 2 aromatic carbocycles. The van der Waals surface area contributed by atoms with E-state index in [1.54, 1.807) is 17.0 Å². The van der Waals surface area contributed by atoms with Crippen LogP contribution in [0.5, 0.6) is 0 Å². The summed E-state index contributed by atoms with van der Waals surface area (Å²) in [6.45, 7) is 8.65. The maximum absolute atomic E-state index is 13.3. The number of carbonyl (C=O) groups is 2. The van der Waals surface area contributed by atoms with Gasteiger partial charge in [-0.1, -0.05) is 54.4 Å². The normalized spacial score (nSPS) is 11.8. The van der Waals surface area contributed by atoms with Gasteiger partial charge in [0.2, 0.25) is 11.8 Å². The first-order chi connectivity index (χ1) is 13.8. The number of carbonyl (C=O) groups excluding carboxylic acids is 2. The second-order valence-corrected chi connectivity index (χ2v) is 8.00. The van der Waals surface area contributed by atoms with Crippen molar-refractivity contribution in [1.29, 1.82) is 0 Å². The van der Waals surface area contributed by atoms with Crippen LogP contribution in [-0.2, 0) is 22.6 Å². The second kappa shape index (κ2) is 10.7. The molecule has 0 bridgehead atoms. The van der Waals surface area contributed by atoms with Crippen LogP contribution in [0.3, 0.4) is 0 Å². The molecule has 0 aromatic heterocycles. The fourth-order valence-electron chi connectivity index (χ4n) is 3.24. The molecule has 2 aromatic rings. The van der Waals surface area contributed by atoms with E-state index in [1.807, 2.05) is 52.0 Å². The molecule has 0 saturated heterocycles. The highest BCUT2D eigenvalue weighted by Crippen LogP contribution is 2.24. The molecule has 0 fully saturated rings. The van der Waals surface area contributed by atoms with Crippen LogP contribution in [-0.4, -0.2) is 29.3 Å². The second-order valence-electron chi connectivity index (χ2n) is 7.18. The van der Waals surface area contributed by atoms with Crippen LogP contribution in [0.4, 0.5) is 0 Å². The summed E-state index contributed by atoms with van der Waals surface area (Å²) in [5, 5.41) is 3.72. The van der Waals surface area contributed by atoms with Gasteiger partial charge in [-0.2, -0.15) is 0 Å². The topological polar surface area (TPSA) is 49.4 Å². The fraction of sp³-hybridized carbons (Fsp3) is 0.391. The molecule has 1 N–H and O–H groups in total. The number of likely N-dealkylation sites (N-methyl/N-ethyl adjacent to an activating group) is 1. The maximum atomic E-state index is 13.3. The number of halogens is 2. The predicted octanol–water partition coefficient (Wildman–Crippen LogP) is 5.10. The van der Waals surface area contributed by atoms with E-state index in [2.05, 4.69) is 5.32 Å². The summed E-state index contributed by atoms with van der Waals surface area (Å²) in [5.74, 6) is -0.249. The van der Waals surface area contributed by atoms with Gasteiger partial charge in [0.15, 0.2) is 0 Å². The van der Waals surface area contributed by atoms with Crippen molar-refractivity contribution < 1.29 is 9.59 Å².